The van der Waals surface area contributed by atoms with Gasteiger partial charge in [-0.25, -0.2) is 0 Å². The standard InChI is InChI=1S/C14H25N3O/c1-2-17(12-5-6-12)14(18)10-16-7-3-4-11-8-15-9-13(11)16/h11-13,15H,2-10H2,1H3. The Hall–Kier alpha value is -0.610. The number of hydrogen-bond acceptors (Lipinski definition) is 3. The van der Waals surface area contributed by atoms with E-state index in [1.54, 1.807) is 0 Å². The van der Waals surface area contributed by atoms with Crippen molar-refractivity contribution in [3.8, 4) is 0 Å². The van der Waals surface area contributed by atoms with E-state index in [9.17, 15) is 4.79 Å². The van der Waals surface area contributed by atoms with E-state index in [0.29, 0.717) is 24.5 Å². The maximum absolute atomic E-state index is 12.4. The lowest BCUT2D eigenvalue weighted by molar-refractivity contribution is -0.133. The number of hydrogen-bond donors (Lipinski definition) is 1. The van der Waals surface area contributed by atoms with Crippen LogP contribution in [0.1, 0.15) is 32.6 Å². The topological polar surface area (TPSA) is 35.6 Å². The summed E-state index contributed by atoms with van der Waals surface area (Å²) >= 11 is 0. The van der Waals surface area contributed by atoms with Crippen LogP contribution >= 0.6 is 0 Å². The molecule has 102 valence electrons. The van der Waals surface area contributed by atoms with Gasteiger partial charge in [-0.3, -0.25) is 9.69 Å². The molecule has 2 heterocycles. The average Bonchev–Trinajstić information content (AvgIpc) is 3.07. The van der Waals surface area contributed by atoms with Crippen LogP contribution in [-0.2, 0) is 4.79 Å². The molecule has 0 aromatic carbocycles. The van der Waals surface area contributed by atoms with E-state index in [0.717, 1.165) is 32.1 Å². The minimum Gasteiger partial charge on any atom is -0.339 e. The number of piperidine rings is 1. The van der Waals surface area contributed by atoms with Crippen LogP contribution in [0.15, 0.2) is 0 Å². The van der Waals surface area contributed by atoms with Gasteiger partial charge in [0.2, 0.25) is 5.91 Å². The second-order valence-corrected chi connectivity index (χ2v) is 6.01. The predicted octanol–water partition coefficient (Wildman–Crippen LogP) is 0.681. The van der Waals surface area contributed by atoms with Crippen LogP contribution in [0.2, 0.25) is 0 Å². The lowest BCUT2D eigenvalue weighted by atomic mass is 9.92. The van der Waals surface area contributed by atoms with Crippen molar-refractivity contribution >= 4 is 5.91 Å². The van der Waals surface area contributed by atoms with Gasteiger partial charge in [-0.05, 0) is 51.6 Å². The molecule has 2 unspecified atom stereocenters. The molecule has 18 heavy (non-hydrogen) atoms. The molecule has 0 radical (unpaired) electrons. The molecular weight excluding hydrogens is 226 g/mol. The van der Waals surface area contributed by atoms with Crippen molar-refractivity contribution in [1.29, 1.82) is 0 Å². The zero-order valence-corrected chi connectivity index (χ0v) is 11.4. The van der Waals surface area contributed by atoms with Crippen molar-refractivity contribution in [3.05, 3.63) is 0 Å². The summed E-state index contributed by atoms with van der Waals surface area (Å²) in [7, 11) is 0. The highest BCUT2D eigenvalue weighted by molar-refractivity contribution is 5.79. The second-order valence-electron chi connectivity index (χ2n) is 6.01. The number of carbonyl (C=O) groups is 1. The molecule has 3 fully saturated rings. The number of amides is 1. The molecule has 1 N–H and O–H groups in total. The normalized spacial score (nSPS) is 32.3. The third-order valence-electron chi connectivity index (χ3n) is 4.78. The van der Waals surface area contributed by atoms with E-state index < -0.39 is 0 Å². The highest BCUT2D eigenvalue weighted by Gasteiger charge is 2.37. The molecular formula is C14H25N3O. The Morgan fingerprint density at radius 3 is 2.89 bits per heavy atom. The summed E-state index contributed by atoms with van der Waals surface area (Å²) in [6.45, 7) is 6.96. The van der Waals surface area contributed by atoms with Gasteiger partial charge in [-0.1, -0.05) is 0 Å². The number of rotatable bonds is 4. The van der Waals surface area contributed by atoms with Gasteiger partial charge in [0.1, 0.15) is 0 Å². The van der Waals surface area contributed by atoms with Gasteiger partial charge in [0.25, 0.3) is 0 Å². The zero-order chi connectivity index (χ0) is 12.5. The number of nitrogens with one attached hydrogen (secondary N) is 1. The van der Waals surface area contributed by atoms with E-state index in [1.807, 2.05) is 0 Å². The smallest absolute Gasteiger partial charge is 0.236 e. The first-order valence-electron chi connectivity index (χ1n) is 7.54. The van der Waals surface area contributed by atoms with Crippen molar-refractivity contribution in [2.24, 2.45) is 5.92 Å². The number of likely N-dealkylation sites (N-methyl/N-ethyl adjacent to an activating group) is 1. The van der Waals surface area contributed by atoms with Crippen LogP contribution in [0.5, 0.6) is 0 Å². The largest absolute Gasteiger partial charge is 0.339 e. The summed E-state index contributed by atoms with van der Waals surface area (Å²) in [6, 6.07) is 1.17. The van der Waals surface area contributed by atoms with E-state index in [-0.39, 0.29) is 0 Å². The van der Waals surface area contributed by atoms with Gasteiger partial charge < -0.3 is 10.2 Å². The Morgan fingerprint density at radius 1 is 1.33 bits per heavy atom. The van der Waals surface area contributed by atoms with Crippen molar-refractivity contribution in [1.82, 2.24) is 15.1 Å². The molecule has 2 saturated heterocycles. The highest BCUT2D eigenvalue weighted by Crippen LogP contribution is 2.29. The Labute approximate surface area is 110 Å². The average molecular weight is 251 g/mol. The van der Waals surface area contributed by atoms with Gasteiger partial charge >= 0.3 is 0 Å². The minimum absolute atomic E-state index is 0.354. The SMILES string of the molecule is CCN(C(=O)CN1CCCC2CNCC21)C1CC1. The Balaban J connectivity index is 1.59. The molecule has 1 saturated carbocycles. The maximum atomic E-state index is 12.4. The van der Waals surface area contributed by atoms with E-state index in [4.69, 9.17) is 0 Å². The van der Waals surface area contributed by atoms with Gasteiger partial charge in [-0.15, -0.1) is 0 Å². The molecule has 0 aromatic rings. The van der Waals surface area contributed by atoms with E-state index in [1.165, 1.54) is 25.7 Å². The van der Waals surface area contributed by atoms with Gasteiger partial charge in [0.15, 0.2) is 0 Å². The molecule has 2 atom stereocenters. The van der Waals surface area contributed by atoms with E-state index in [2.05, 4.69) is 22.0 Å². The summed E-state index contributed by atoms with van der Waals surface area (Å²) in [4.78, 5) is 16.9. The quantitative estimate of drug-likeness (QED) is 0.798. The number of likely N-dealkylation sites (tertiary alicyclic amines) is 1. The molecule has 2 aliphatic heterocycles. The van der Waals surface area contributed by atoms with Crippen molar-refractivity contribution in [2.75, 3.05) is 32.7 Å². The monoisotopic (exact) mass is 251 g/mol. The molecule has 1 aliphatic carbocycles. The van der Waals surface area contributed by atoms with Gasteiger partial charge in [-0.2, -0.15) is 0 Å². The summed E-state index contributed by atoms with van der Waals surface area (Å²) in [6.07, 6.45) is 5.02. The Bertz CT molecular complexity index is 316. The molecule has 3 aliphatic rings. The van der Waals surface area contributed by atoms with Crippen LogP contribution in [0.4, 0.5) is 0 Å². The summed E-state index contributed by atoms with van der Waals surface area (Å²) in [5.41, 5.74) is 0. The molecule has 4 nitrogen and oxygen atoms in total. The first kappa shape index (κ1) is 12.4. The van der Waals surface area contributed by atoms with Crippen LogP contribution in [0, 0.1) is 5.92 Å². The first-order chi connectivity index (χ1) is 8.79. The zero-order valence-electron chi connectivity index (χ0n) is 11.4. The number of nitrogens with zero attached hydrogens (tertiary/aromatic N) is 2. The second kappa shape index (κ2) is 5.17. The van der Waals surface area contributed by atoms with E-state index >= 15 is 0 Å². The lowest BCUT2D eigenvalue weighted by Gasteiger charge is -2.37. The molecule has 4 heteroatoms. The third kappa shape index (κ3) is 2.41. The van der Waals surface area contributed by atoms with Crippen molar-refractivity contribution < 1.29 is 4.79 Å². The maximum Gasteiger partial charge on any atom is 0.236 e. The van der Waals surface area contributed by atoms with Crippen LogP contribution in [0.25, 0.3) is 0 Å². The molecule has 0 spiro atoms. The third-order valence-corrected chi connectivity index (χ3v) is 4.78. The Morgan fingerprint density at radius 2 is 2.17 bits per heavy atom. The molecule has 1 amide bonds. The van der Waals surface area contributed by atoms with Crippen molar-refractivity contribution in [3.63, 3.8) is 0 Å². The number of carbonyl (C=O) groups excluding carboxylic acids is 1. The summed E-state index contributed by atoms with van der Waals surface area (Å²) in [5, 5.41) is 3.48. The fourth-order valence-corrected chi connectivity index (χ4v) is 3.65. The Kier molecular flexibility index (Phi) is 3.57. The van der Waals surface area contributed by atoms with Crippen molar-refractivity contribution in [2.45, 2.75) is 44.7 Å². The van der Waals surface area contributed by atoms with Crippen LogP contribution in [-0.4, -0.2) is 60.5 Å². The molecule has 0 bridgehead atoms. The highest BCUT2D eigenvalue weighted by atomic mass is 16.2. The lowest BCUT2D eigenvalue weighted by Crippen LogP contribution is -2.50. The van der Waals surface area contributed by atoms with Crippen LogP contribution in [0.3, 0.4) is 0 Å². The summed E-state index contributed by atoms with van der Waals surface area (Å²) < 4.78 is 0. The molecule has 3 rings (SSSR count). The first-order valence-corrected chi connectivity index (χ1v) is 7.54. The molecule has 0 aromatic heterocycles. The van der Waals surface area contributed by atoms with Gasteiger partial charge in [0, 0.05) is 25.2 Å². The fraction of sp³-hybridized carbons (Fsp3) is 0.929. The number of fused-ring (bicyclic) bond motifs is 1. The van der Waals surface area contributed by atoms with Crippen LogP contribution < -0.4 is 5.32 Å². The predicted molar refractivity (Wildman–Crippen MR) is 71.4 cm³/mol. The summed E-state index contributed by atoms with van der Waals surface area (Å²) in [5.74, 6) is 1.13. The minimum atomic E-state index is 0.354. The van der Waals surface area contributed by atoms with Gasteiger partial charge in [0.05, 0.1) is 6.54 Å². The fourth-order valence-electron chi connectivity index (χ4n) is 3.65.